The monoisotopic (exact) mass is 208 g/mol. The van der Waals surface area contributed by atoms with Crippen molar-refractivity contribution < 1.29 is 4.79 Å². The first kappa shape index (κ1) is 12.1. The van der Waals surface area contributed by atoms with Gasteiger partial charge in [0, 0.05) is 0 Å². The molecule has 84 valence electrons. The summed E-state index contributed by atoms with van der Waals surface area (Å²) in [6.45, 7) is 4.32. The van der Waals surface area contributed by atoms with Crippen molar-refractivity contribution >= 4 is 5.91 Å². The van der Waals surface area contributed by atoms with Crippen LogP contribution in [-0.2, 0) is 4.79 Å². The van der Waals surface area contributed by atoms with Crippen LogP contribution in [0.15, 0.2) is 0 Å². The third-order valence-corrected chi connectivity index (χ3v) is 3.00. The highest BCUT2D eigenvalue weighted by Crippen LogP contribution is 2.30. The first-order chi connectivity index (χ1) is 7.08. The molecule has 0 aromatic heterocycles. The Kier molecular flexibility index (Phi) is 4.16. The maximum absolute atomic E-state index is 11.8. The molecule has 1 aliphatic rings. The summed E-state index contributed by atoms with van der Waals surface area (Å²) in [6.07, 6.45) is 3.81. The average molecular weight is 208 g/mol. The molecular weight excluding hydrogens is 188 g/mol. The second-order valence-electron chi connectivity index (χ2n) is 4.47. The minimum absolute atomic E-state index is 0.0446. The van der Waals surface area contributed by atoms with Crippen molar-refractivity contribution in [2.75, 3.05) is 6.54 Å². The molecule has 1 fully saturated rings. The van der Waals surface area contributed by atoms with Crippen LogP contribution in [0.5, 0.6) is 0 Å². The van der Waals surface area contributed by atoms with Crippen molar-refractivity contribution in [3.05, 3.63) is 0 Å². The Hall–Kier alpha value is -1.01. The summed E-state index contributed by atoms with van der Waals surface area (Å²) in [5.74, 6) is 6.05. The summed E-state index contributed by atoms with van der Waals surface area (Å²) in [6, 6.07) is 0. The van der Waals surface area contributed by atoms with Crippen molar-refractivity contribution in [1.29, 1.82) is 0 Å². The van der Waals surface area contributed by atoms with Crippen LogP contribution in [0.2, 0.25) is 0 Å². The minimum atomic E-state index is -0.660. The lowest BCUT2D eigenvalue weighted by Crippen LogP contribution is -2.56. The molecule has 3 heteroatoms. The number of rotatable bonds is 2. The predicted octanol–water partition coefficient (Wildman–Crippen LogP) is 1.03. The highest BCUT2D eigenvalue weighted by Gasteiger charge is 2.37. The van der Waals surface area contributed by atoms with Gasteiger partial charge in [-0.3, -0.25) is 4.79 Å². The third-order valence-electron chi connectivity index (χ3n) is 3.00. The van der Waals surface area contributed by atoms with Gasteiger partial charge in [-0.05, 0) is 25.7 Å². The molecular formula is C12H20N2O. The molecule has 1 saturated carbocycles. The van der Waals surface area contributed by atoms with Gasteiger partial charge < -0.3 is 11.1 Å². The molecule has 0 heterocycles. The number of amides is 1. The molecule has 0 aliphatic heterocycles. The average Bonchev–Trinajstić information content (AvgIpc) is 2.17. The van der Waals surface area contributed by atoms with E-state index in [1.165, 1.54) is 6.42 Å². The molecule has 1 amide bonds. The molecule has 1 aliphatic carbocycles. The first-order valence-corrected chi connectivity index (χ1v) is 5.55. The quantitative estimate of drug-likeness (QED) is 0.666. The van der Waals surface area contributed by atoms with E-state index in [0.29, 0.717) is 12.5 Å². The zero-order valence-electron chi connectivity index (χ0n) is 9.60. The van der Waals surface area contributed by atoms with Crippen LogP contribution in [0, 0.1) is 17.8 Å². The van der Waals surface area contributed by atoms with Gasteiger partial charge in [-0.1, -0.05) is 25.7 Å². The topological polar surface area (TPSA) is 55.1 Å². The second kappa shape index (κ2) is 5.18. The van der Waals surface area contributed by atoms with Gasteiger partial charge in [0.25, 0.3) is 0 Å². The van der Waals surface area contributed by atoms with Crippen LogP contribution in [-0.4, -0.2) is 18.0 Å². The van der Waals surface area contributed by atoms with Crippen molar-refractivity contribution in [3.8, 4) is 11.8 Å². The van der Waals surface area contributed by atoms with E-state index in [-0.39, 0.29) is 5.91 Å². The molecule has 0 aromatic rings. The zero-order valence-corrected chi connectivity index (χ0v) is 9.60. The number of hydrogen-bond acceptors (Lipinski definition) is 2. The standard InChI is InChI=1S/C12H20N2O/c1-3-4-8-14-11(15)12(13)7-5-6-10(2)9-12/h10H,5-9,13H2,1-2H3,(H,14,15). The fourth-order valence-corrected chi connectivity index (χ4v) is 2.19. The lowest BCUT2D eigenvalue weighted by molar-refractivity contribution is -0.127. The van der Waals surface area contributed by atoms with Crippen LogP contribution in [0.4, 0.5) is 0 Å². The van der Waals surface area contributed by atoms with Gasteiger partial charge in [0.1, 0.15) is 0 Å². The second-order valence-corrected chi connectivity index (χ2v) is 4.47. The van der Waals surface area contributed by atoms with Crippen LogP contribution in [0.25, 0.3) is 0 Å². The van der Waals surface area contributed by atoms with E-state index in [2.05, 4.69) is 24.1 Å². The van der Waals surface area contributed by atoms with E-state index in [1.54, 1.807) is 6.92 Å². The maximum Gasteiger partial charge on any atom is 0.240 e. The molecule has 0 saturated heterocycles. The number of carbonyl (C=O) groups excluding carboxylic acids is 1. The van der Waals surface area contributed by atoms with Crippen molar-refractivity contribution in [3.63, 3.8) is 0 Å². The molecule has 0 aromatic carbocycles. The SMILES string of the molecule is CC#CCNC(=O)C1(N)CCCC(C)C1. The number of hydrogen-bond donors (Lipinski definition) is 2. The van der Waals surface area contributed by atoms with Gasteiger partial charge in [0.05, 0.1) is 12.1 Å². The van der Waals surface area contributed by atoms with Crippen LogP contribution >= 0.6 is 0 Å². The number of nitrogens with one attached hydrogen (secondary N) is 1. The third kappa shape index (κ3) is 3.24. The van der Waals surface area contributed by atoms with Crippen LogP contribution < -0.4 is 11.1 Å². The van der Waals surface area contributed by atoms with E-state index in [9.17, 15) is 4.79 Å². The van der Waals surface area contributed by atoms with Crippen molar-refractivity contribution in [1.82, 2.24) is 5.32 Å². The summed E-state index contributed by atoms with van der Waals surface area (Å²) < 4.78 is 0. The van der Waals surface area contributed by atoms with E-state index in [1.807, 2.05) is 0 Å². The lowest BCUT2D eigenvalue weighted by Gasteiger charge is -2.35. The van der Waals surface area contributed by atoms with Crippen LogP contribution in [0.1, 0.15) is 39.5 Å². The summed E-state index contributed by atoms with van der Waals surface area (Å²) in [5, 5.41) is 2.78. The van der Waals surface area contributed by atoms with Gasteiger partial charge in [-0.25, -0.2) is 0 Å². The van der Waals surface area contributed by atoms with E-state index < -0.39 is 5.54 Å². The minimum Gasteiger partial charge on any atom is -0.344 e. The van der Waals surface area contributed by atoms with Crippen molar-refractivity contribution in [2.45, 2.75) is 45.1 Å². The normalized spacial score (nSPS) is 30.2. The lowest BCUT2D eigenvalue weighted by atomic mass is 9.76. The summed E-state index contributed by atoms with van der Waals surface area (Å²) in [5.41, 5.74) is 5.46. The number of nitrogens with two attached hydrogens (primary N) is 1. The molecule has 0 spiro atoms. The fraction of sp³-hybridized carbons (Fsp3) is 0.750. The summed E-state index contributed by atoms with van der Waals surface area (Å²) >= 11 is 0. The maximum atomic E-state index is 11.8. The molecule has 0 radical (unpaired) electrons. The highest BCUT2D eigenvalue weighted by molar-refractivity contribution is 5.86. The Bertz CT molecular complexity index is 290. The Balaban J connectivity index is 2.51. The van der Waals surface area contributed by atoms with E-state index in [0.717, 1.165) is 19.3 Å². The van der Waals surface area contributed by atoms with Gasteiger partial charge in [0.15, 0.2) is 0 Å². The Labute approximate surface area is 91.8 Å². The van der Waals surface area contributed by atoms with Gasteiger partial charge in [-0.2, -0.15) is 0 Å². The van der Waals surface area contributed by atoms with Crippen molar-refractivity contribution in [2.24, 2.45) is 11.7 Å². The van der Waals surface area contributed by atoms with E-state index in [4.69, 9.17) is 5.73 Å². The zero-order chi connectivity index (χ0) is 11.3. The predicted molar refractivity (Wildman–Crippen MR) is 61.0 cm³/mol. The largest absolute Gasteiger partial charge is 0.344 e. The van der Waals surface area contributed by atoms with Crippen LogP contribution in [0.3, 0.4) is 0 Å². The summed E-state index contributed by atoms with van der Waals surface area (Å²) in [7, 11) is 0. The van der Waals surface area contributed by atoms with Gasteiger partial charge >= 0.3 is 0 Å². The Morgan fingerprint density at radius 2 is 2.40 bits per heavy atom. The number of carbonyl (C=O) groups is 1. The molecule has 2 atom stereocenters. The molecule has 3 nitrogen and oxygen atoms in total. The first-order valence-electron chi connectivity index (χ1n) is 5.55. The highest BCUT2D eigenvalue weighted by atomic mass is 16.2. The van der Waals surface area contributed by atoms with E-state index >= 15 is 0 Å². The fourth-order valence-electron chi connectivity index (χ4n) is 2.19. The molecule has 2 unspecified atom stereocenters. The Morgan fingerprint density at radius 3 is 3.00 bits per heavy atom. The van der Waals surface area contributed by atoms with Gasteiger partial charge in [-0.15, -0.1) is 5.92 Å². The Morgan fingerprint density at radius 1 is 1.67 bits per heavy atom. The molecule has 3 N–H and O–H groups in total. The molecule has 1 rings (SSSR count). The molecule has 15 heavy (non-hydrogen) atoms. The molecule has 0 bridgehead atoms. The summed E-state index contributed by atoms with van der Waals surface area (Å²) in [4.78, 5) is 11.8. The van der Waals surface area contributed by atoms with Gasteiger partial charge in [0.2, 0.25) is 5.91 Å². The smallest absolute Gasteiger partial charge is 0.240 e.